The number of aryl methyl sites for hydroxylation is 1. The molecular weight excluding hydrogens is 617 g/mol. The lowest BCUT2D eigenvalue weighted by Gasteiger charge is -2.34. The van der Waals surface area contributed by atoms with E-state index in [4.69, 9.17) is 25.9 Å². The molecule has 3 aromatic carbocycles. The first kappa shape index (κ1) is 31.0. The summed E-state index contributed by atoms with van der Waals surface area (Å²) in [5.74, 6) is 3.15. The van der Waals surface area contributed by atoms with Crippen LogP contribution < -0.4 is 15.0 Å². The van der Waals surface area contributed by atoms with Crippen molar-refractivity contribution in [3.63, 3.8) is 0 Å². The van der Waals surface area contributed by atoms with Crippen molar-refractivity contribution in [2.24, 2.45) is 5.41 Å². The lowest BCUT2D eigenvalue weighted by Crippen LogP contribution is -2.51. The smallest absolute Gasteiger partial charge is 0.319 e. The number of aromatic nitrogens is 2. The van der Waals surface area contributed by atoms with E-state index in [1.807, 2.05) is 19.1 Å². The SMILES string of the molecule is C#Cc1c(C)ccc2cc(O)cc(-c3c(C(C)C)cc4c(N5CC6CCC(C5)N6)nc(OCC5(CN6C[C@@H]7C[C@H]6CO7)CC5)nc4c3F)c12. The topological polar surface area (TPSA) is 83.0 Å². The highest BCUT2D eigenvalue weighted by atomic mass is 19.1. The normalized spacial score (nSPS) is 25.5. The van der Waals surface area contributed by atoms with Gasteiger partial charge >= 0.3 is 6.01 Å². The molecule has 5 fully saturated rings. The van der Waals surface area contributed by atoms with Crippen molar-refractivity contribution >= 4 is 27.5 Å². The Balaban J connectivity index is 1.18. The second-order valence-electron chi connectivity index (χ2n) is 15.6. The summed E-state index contributed by atoms with van der Waals surface area (Å²) in [6.07, 6.45) is 12.0. The zero-order valence-electron chi connectivity index (χ0n) is 28.6. The third kappa shape index (κ3) is 5.31. The van der Waals surface area contributed by atoms with Crippen LogP contribution in [0.4, 0.5) is 10.2 Å². The van der Waals surface area contributed by atoms with Crippen LogP contribution in [0.15, 0.2) is 30.3 Å². The van der Waals surface area contributed by atoms with Gasteiger partial charge in [-0.25, -0.2) is 4.39 Å². The number of aromatic hydroxyl groups is 1. The average molecular weight is 662 g/mol. The molecule has 8 nitrogen and oxygen atoms in total. The number of halogens is 1. The van der Waals surface area contributed by atoms with Gasteiger partial charge < -0.3 is 24.8 Å². The Morgan fingerprint density at radius 3 is 2.61 bits per heavy atom. The summed E-state index contributed by atoms with van der Waals surface area (Å²) in [5, 5.41) is 16.8. The zero-order chi connectivity index (χ0) is 33.6. The minimum Gasteiger partial charge on any atom is -0.508 e. The highest BCUT2D eigenvalue weighted by Gasteiger charge is 2.49. The van der Waals surface area contributed by atoms with Crippen molar-refractivity contribution in [1.82, 2.24) is 20.2 Å². The molecule has 2 unspecified atom stereocenters. The second kappa shape index (κ2) is 11.5. The van der Waals surface area contributed by atoms with Crippen molar-refractivity contribution in [1.29, 1.82) is 0 Å². The molecule has 0 amide bonds. The van der Waals surface area contributed by atoms with Crippen LogP contribution in [0, 0.1) is 30.5 Å². The molecule has 4 bridgehead atoms. The van der Waals surface area contributed by atoms with Gasteiger partial charge in [0, 0.05) is 71.6 Å². The Hall–Kier alpha value is -3.97. The van der Waals surface area contributed by atoms with Gasteiger partial charge in [-0.2, -0.15) is 9.97 Å². The summed E-state index contributed by atoms with van der Waals surface area (Å²) < 4.78 is 29.9. The van der Waals surface area contributed by atoms with Gasteiger partial charge in [-0.3, -0.25) is 4.90 Å². The Morgan fingerprint density at radius 2 is 1.94 bits per heavy atom. The van der Waals surface area contributed by atoms with Crippen LogP contribution in [0.5, 0.6) is 11.8 Å². The van der Waals surface area contributed by atoms with E-state index in [9.17, 15) is 5.11 Å². The molecular formula is C40H44FN5O3. The molecule has 4 saturated heterocycles. The number of ether oxygens (including phenoxy) is 2. The van der Waals surface area contributed by atoms with E-state index in [0.717, 1.165) is 92.6 Å². The number of piperazine rings is 1. The molecule has 4 aliphatic heterocycles. The molecule has 5 aliphatic rings. The van der Waals surface area contributed by atoms with E-state index < -0.39 is 5.82 Å². The number of anilines is 1. The molecule has 5 heterocycles. The molecule has 4 aromatic rings. The predicted molar refractivity (Wildman–Crippen MR) is 190 cm³/mol. The van der Waals surface area contributed by atoms with Crippen molar-refractivity contribution in [3.8, 4) is 35.2 Å². The Labute approximate surface area is 287 Å². The summed E-state index contributed by atoms with van der Waals surface area (Å²) in [6.45, 7) is 11.0. The highest BCUT2D eigenvalue weighted by molar-refractivity contribution is 6.05. The van der Waals surface area contributed by atoms with Crippen LogP contribution in [0.2, 0.25) is 0 Å². The van der Waals surface area contributed by atoms with Crippen LogP contribution in [0.3, 0.4) is 0 Å². The van der Waals surface area contributed by atoms with E-state index in [1.165, 1.54) is 0 Å². The number of benzene rings is 3. The second-order valence-corrected chi connectivity index (χ2v) is 15.6. The van der Waals surface area contributed by atoms with Gasteiger partial charge in [0.15, 0.2) is 5.82 Å². The van der Waals surface area contributed by atoms with Gasteiger partial charge in [0.05, 0.1) is 19.3 Å². The molecule has 0 radical (unpaired) electrons. The fourth-order valence-electron chi connectivity index (χ4n) is 9.00. The van der Waals surface area contributed by atoms with Gasteiger partial charge in [0.1, 0.15) is 17.1 Å². The summed E-state index contributed by atoms with van der Waals surface area (Å²) in [7, 11) is 0. The van der Waals surface area contributed by atoms with Gasteiger partial charge in [0.25, 0.3) is 0 Å². The predicted octanol–water partition coefficient (Wildman–Crippen LogP) is 6.28. The summed E-state index contributed by atoms with van der Waals surface area (Å²) in [5.41, 5.74) is 3.70. The monoisotopic (exact) mass is 661 g/mol. The van der Waals surface area contributed by atoms with Gasteiger partial charge in [-0.15, -0.1) is 6.42 Å². The Morgan fingerprint density at radius 1 is 1.14 bits per heavy atom. The third-order valence-corrected chi connectivity index (χ3v) is 11.8. The maximum Gasteiger partial charge on any atom is 0.319 e. The molecule has 1 aromatic heterocycles. The average Bonchev–Trinajstić information content (AvgIpc) is 3.34. The minimum absolute atomic E-state index is 0.0330. The van der Waals surface area contributed by atoms with Crippen molar-refractivity contribution in [2.45, 2.75) is 83.0 Å². The van der Waals surface area contributed by atoms with Gasteiger partial charge in [-0.05, 0) is 85.2 Å². The fourth-order valence-corrected chi connectivity index (χ4v) is 9.00. The number of fused-ring (bicyclic) bond motifs is 6. The Bertz CT molecular complexity index is 2030. The molecule has 254 valence electrons. The number of hydrogen-bond donors (Lipinski definition) is 2. The first-order valence-electron chi connectivity index (χ1n) is 18.0. The number of nitrogens with one attached hydrogen (secondary N) is 1. The van der Waals surface area contributed by atoms with E-state index in [0.29, 0.717) is 52.9 Å². The summed E-state index contributed by atoms with van der Waals surface area (Å²) in [6, 6.07) is 10.7. The summed E-state index contributed by atoms with van der Waals surface area (Å²) in [4.78, 5) is 14.8. The minimum atomic E-state index is -0.446. The maximum absolute atomic E-state index is 17.6. The lowest BCUT2D eigenvalue weighted by molar-refractivity contribution is 0.0176. The third-order valence-electron chi connectivity index (χ3n) is 11.8. The number of morpholine rings is 1. The maximum atomic E-state index is 17.6. The number of phenols is 1. The van der Waals surface area contributed by atoms with Crippen LogP contribution in [0.25, 0.3) is 32.8 Å². The molecule has 49 heavy (non-hydrogen) atoms. The fraction of sp³-hybridized carbons (Fsp3) is 0.500. The number of likely N-dealkylation sites (tertiary alicyclic amines) is 1. The summed E-state index contributed by atoms with van der Waals surface area (Å²) >= 11 is 0. The highest BCUT2D eigenvalue weighted by Crippen LogP contribution is 2.49. The lowest BCUT2D eigenvalue weighted by atomic mass is 9.86. The van der Waals surface area contributed by atoms with E-state index in [-0.39, 0.29) is 28.6 Å². The zero-order valence-corrected chi connectivity index (χ0v) is 28.6. The van der Waals surface area contributed by atoms with Crippen LogP contribution in [-0.2, 0) is 4.74 Å². The molecule has 1 saturated carbocycles. The van der Waals surface area contributed by atoms with Crippen LogP contribution in [0.1, 0.15) is 68.6 Å². The number of terminal acetylenes is 1. The van der Waals surface area contributed by atoms with Gasteiger partial charge in [0.2, 0.25) is 0 Å². The first-order valence-corrected chi connectivity index (χ1v) is 18.0. The van der Waals surface area contributed by atoms with Crippen molar-refractivity contribution in [3.05, 3.63) is 52.8 Å². The van der Waals surface area contributed by atoms with E-state index in [2.05, 4.69) is 41.0 Å². The first-order chi connectivity index (χ1) is 23.7. The Kier molecular flexibility index (Phi) is 7.31. The largest absolute Gasteiger partial charge is 0.508 e. The quantitative estimate of drug-likeness (QED) is 0.214. The molecule has 9 rings (SSSR count). The van der Waals surface area contributed by atoms with Crippen LogP contribution >= 0.6 is 0 Å². The molecule has 9 heteroatoms. The van der Waals surface area contributed by atoms with E-state index in [1.54, 1.807) is 12.1 Å². The molecule has 0 spiro atoms. The van der Waals surface area contributed by atoms with Gasteiger partial charge in [-0.1, -0.05) is 31.9 Å². The van der Waals surface area contributed by atoms with Crippen LogP contribution in [-0.4, -0.2) is 83.6 Å². The van der Waals surface area contributed by atoms with Crippen molar-refractivity contribution in [2.75, 3.05) is 44.3 Å². The molecule has 4 atom stereocenters. The van der Waals surface area contributed by atoms with Crippen molar-refractivity contribution < 1.29 is 19.0 Å². The number of phenolic OH excluding ortho intramolecular Hbond substituents is 1. The standard InChI is InChI=1S/C40H44FN5O3/c1-5-30-23(4)6-7-24-12-28(47)14-32(34(24)30)35-31(22(2)3)15-33-37(36(35)41)43-39(44-38(33)45-16-25-8-9-26(17-45)42-25)49-21-40(10-11-40)20-46-18-29-13-27(46)19-48-29/h1,6-7,12,14-15,22,25-27,29,42,47H,8-11,13,16-21H2,2-4H3/t25?,26?,27-,29-/m0/s1. The number of nitrogens with zero attached hydrogens (tertiary/aromatic N) is 4. The molecule has 2 N–H and O–H groups in total. The number of rotatable bonds is 8. The number of hydrogen-bond acceptors (Lipinski definition) is 8. The molecule has 1 aliphatic carbocycles. The van der Waals surface area contributed by atoms with E-state index >= 15 is 4.39 Å².